The molecule has 0 spiro atoms. The molecule has 0 aliphatic heterocycles. The van der Waals surface area contributed by atoms with Gasteiger partial charge in [0.25, 0.3) is 0 Å². The third-order valence-corrected chi connectivity index (χ3v) is 2.69. The zero-order valence-electron chi connectivity index (χ0n) is 8.76. The molecular formula is C10H17N3O. The Labute approximate surface area is 84.5 Å². The smallest absolute Gasteiger partial charge is 0.240 e. The Kier molecular flexibility index (Phi) is 2.81. The minimum absolute atomic E-state index is 0.118. The molecule has 78 valence electrons. The second-order valence-corrected chi connectivity index (χ2v) is 4.69. The van der Waals surface area contributed by atoms with Gasteiger partial charge in [-0.2, -0.15) is 5.26 Å². The fourth-order valence-electron chi connectivity index (χ4n) is 1.30. The van der Waals surface area contributed by atoms with E-state index in [2.05, 4.69) is 11.4 Å². The molecule has 0 aromatic rings. The number of carbonyl (C=O) groups excluding carboxylic acids is 1. The molecular weight excluding hydrogens is 178 g/mol. The summed E-state index contributed by atoms with van der Waals surface area (Å²) in [4.78, 5) is 11.6. The van der Waals surface area contributed by atoms with Gasteiger partial charge in [-0.25, -0.2) is 0 Å². The Bertz CT molecular complexity index is 274. The van der Waals surface area contributed by atoms with E-state index in [1.54, 1.807) is 13.8 Å². The summed E-state index contributed by atoms with van der Waals surface area (Å²) < 4.78 is 0. The zero-order valence-corrected chi connectivity index (χ0v) is 8.76. The zero-order chi connectivity index (χ0) is 10.8. The molecule has 3 N–H and O–H groups in total. The van der Waals surface area contributed by atoms with Crippen molar-refractivity contribution in [2.24, 2.45) is 11.1 Å². The van der Waals surface area contributed by atoms with Crippen LogP contribution in [0.15, 0.2) is 0 Å². The van der Waals surface area contributed by atoms with Crippen LogP contribution in [0.25, 0.3) is 0 Å². The largest absolute Gasteiger partial charge is 0.353 e. The van der Waals surface area contributed by atoms with Crippen molar-refractivity contribution in [3.63, 3.8) is 0 Å². The van der Waals surface area contributed by atoms with Gasteiger partial charge >= 0.3 is 0 Å². The van der Waals surface area contributed by atoms with Gasteiger partial charge in [0.2, 0.25) is 5.91 Å². The Morgan fingerprint density at radius 2 is 2.21 bits per heavy atom. The molecule has 0 aromatic heterocycles. The number of nitrogens with two attached hydrogens (primary N) is 1. The highest BCUT2D eigenvalue weighted by Crippen LogP contribution is 2.29. The van der Waals surface area contributed by atoms with Gasteiger partial charge in [-0.1, -0.05) is 0 Å². The fraction of sp³-hybridized carbons (Fsp3) is 0.800. The van der Waals surface area contributed by atoms with Crippen LogP contribution in [0.4, 0.5) is 0 Å². The van der Waals surface area contributed by atoms with Gasteiger partial charge in [-0.15, -0.1) is 0 Å². The van der Waals surface area contributed by atoms with Crippen LogP contribution in [-0.4, -0.2) is 18.0 Å². The first-order valence-corrected chi connectivity index (χ1v) is 4.88. The standard InChI is InChI=1S/C10H17N3O/c1-9(2,6-11)7-13-8(14)10(12)4-3-5-10/h3-5,7,12H2,1-2H3,(H,13,14). The maximum absolute atomic E-state index is 11.6. The molecule has 1 amide bonds. The number of nitrogens with zero attached hydrogens (tertiary/aromatic N) is 1. The minimum Gasteiger partial charge on any atom is -0.353 e. The summed E-state index contributed by atoms with van der Waals surface area (Å²) >= 11 is 0. The molecule has 0 unspecified atom stereocenters. The van der Waals surface area contributed by atoms with Gasteiger partial charge in [0, 0.05) is 6.54 Å². The molecule has 1 fully saturated rings. The lowest BCUT2D eigenvalue weighted by atomic mass is 9.77. The molecule has 0 bridgehead atoms. The van der Waals surface area contributed by atoms with Crippen LogP contribution in [0, 0.1) is 16.7 Å². The Balaban J connectivity index is 2.39. The molecule has 0 radical (unpaired) electrons. The average Bonchev–Trinajstić information content (AvgIpc) is 2.10. The Morgan fingerprint density at radius 1 is 1.64 bits per heavy atom. The van der Waals surface area contributed by atoms with Crippen molar-refractivity contribution < 1.29 is 4.79 Å². The SMILES string of the molecule is CC(C)(C#N)CNC(=O)C1(N)CCC1. The van der Waals surface area contributed by atoms with Crippen LogP contribution in [0.1, 0.15) is 33.1 Å². The van der Waals surface area contributed by atoms with E-state index in [4.69, 9.17) is 11.0 Å². The highest BCUT2D eigenvalue weighted by atomic mass is 16.2. The van der Waals surface area contributed by atoms with Crippen LogP contribution < -0.4 is 11.1 Å². The Hall–Kier alpha value is -1.08. The molecule has 1 aliphatic rings. The molecule has 1 saturated carbocycles. The number of nitriles is 1. The van der Waals surface area contributed by atoms with Crippen molar-refractivity contribution in [3.8, 4) is 6.07 Å². The summed E-state index contributed by atoms with van der Waals surface area (Å²) in [6, 6.07) is 2.13. The van der Waals surface area contributed by atoms with Crippen molar-refractivity contribution >= 4 is 5.91 Å². The number of carbonyl (C=O) groups is 1. The molecule has 0 saturated heterocycles. The second-order valence-electron chi connectivity index (χ2n) is 4.69. The average molecular weight is 195 g/mol. The number of hydrogen-bond acceptors (Lipinski definition) is 3. The third kappa shape index (κ3) is 2.24. The lowest BCUT2D eigenvalue weighted by Gasteiger charge is -2.36. The van der Waals surface area contributed by atoms with E-state index in [-0.39, 0.29) is 5.91 Å². The lowest BCUT2D eigenvalue weighted by Crippen LogP contribution is -2.59. The molecule has 0 heterocycles. The summed E-state index contributed by atoms with van der Waals surface area (Å²) in [6.45, 7) is 3.94. The van der Waals surface area contributed by atoms with Crippen LogP contribution in [0.2, 0.25) is 0 Å². The minimum atomic E-state index is -0.661. The first kappa shape index (κ1) is 11.0. The highest BCUT2D eigenvalue weighted by Gasteiger charge is 2.40. The third-order valence-electron chi connectivity index (χ3n) is 2.69. The molecule has 0 atom stereocenters. The summed E-state index contributed by atoms with van der Waals surface area (Å²) in [5.41, 5.74) is 4.64. The van der Waals surface area contributed by atoms with Gasteiger partial charge < -0.3 is 11.1 Å². The van der Waals surface area contributed by atoms with Gasteiger partial charge in [0.15, 0.2) is 0 Å². The molecule has 14 heavy (non-hydrogen) atoms. The van der Waals surface area contributed by atoms with Crippen molar-refractivity contribution in [2.75, 3.05) is 6.54 Å². The van der Waals surface area contributed by atoms with Crippen molar-refractivity contribution in [3.05, 3.63) is 0 Å². The maximum Gasteiger partial charge on any atom is 0.240 e. The molecule has 4 nitrogen and oxygen atoms in total. The van der Waals surface area contributed by atoms with E-state index in [9.17, 15) is 4.79 Å². The molecule has 4 heteroatoms. The summed E-state index contributed by atoms with van der Waals surface area (Å²) in [6.07, 6.45) is 2.53. The van der Waals surface area contributed by atoms with E-state index in [0.29, 0.717) is 6.54 Å². The fourth-order valence-corrected chi connectivity index (χ4v) is 1.30. The normalized spacial score (nSPS) is 19.3. The predicted molar refractivity (Wildman–Crippen MR) is 53.2 cm³/mol. The van der Waals surface area contributed by atoms with Crippen molar-refractivity contribution in [1.82, 2.24) is 5.32 Å². The molecule has 0 aromatic carbocycles. The van der Waals surface area contributed by atoms with Crippen LogP contribution >= 0.6 is 0 Å². The van der Waals surface area contributed by atoms with Gasteiger partial charge in [-0.05, 0) is 33.1 Å². The van der Waals surface area contributed by atoms with E-state index < -0.39 is 11.0 Å². The second kappa shape index (κ2) is 3.58. The quantitative estimate of drug-likeness (QED) is 0.689. The topological polar surface area (TPSA) is 78.9 Å². The van der Waals surface area contributed by atoms with Crippen molar-refractivity contribution in [2.45, 2.75) is 38.6 Å². The lowest BCUT2D eigenvalue weighted by molar-refractivity contribution is -0.129. The number of rotatable bonds is 3. The Morgan fingerprint density at radius 3 is 2.57 bits per heavy atom. The number of amides is 1. The van der Waals surface area contributed by atoms with Crippen molar-refractivity contribution in [1.29, 1.82) is 5.26 Å². The van der Waals surface area contributed by atoms with Crippen LogP contribution in [0.3, 0.4) is 0 Å². The summed E-state index contributed by atoms with van der Waals surface area (Å²) in [5, 5.41) is 11.5. The van der Waals surface area contributed by atoms with E-state index in [0.717, 1.165) is 19.3 Å². The van der Waals surface area contributed by atoms with Gasteiger partial charge in [0.1, 0.15) is 0 Å². The highest BCUT2D eigenvalue weighted by molar-refractivity contribution is 5.87. The van der Waals surface area contributed by atoms with E-state index >= 15 is 0 Å². The number of nitrogens with one attached hydrogen (secondary N) is 1. The molecule has 1 aliphatic carbocycles. The predicted octanol–water partition coefficient (Wildman–Crippen LogP) is 0.534. The maximum atomic E-state index is 11.6. The van der Waals surface area contributed by atoms with Gasteiger partial charge in [0.05, 0.1) is 17.0 Å². The first-order valence-electron chi connectivity index (χ1n) is 4.88. The first-order chi connectivity index (χ1) is 6.40. The number of hydrogen-bond donors (Lipinski definition) is 2. The van der Waals surface area contributed by atoms with Crippen LogP contribution in [-0.2, 0) is 4.79 Å². The van der Waals surface area contributed by atoms with E-state index in [1.807, 2.05) is 0 Å². The monoisotopic (exact) mass is 195 g/mol. The van der Waals surface area contributed by atoms with Gasteiger partial charge in [-0.3, -0.25) is 4.79 Å². The van der Waals surface area contributed by atoms with Crippen LogP contribution in [0.5, 0.6) is 0 Å². The summed E-state index contributed by atoms with van der Waals surface area (Å²) in [7, 11) is 0. The van der Waals surface area contributed by atoms with E-state index in [1.165, 1.54) is 0 Å². The molecule has 1 rings (SSSR count). The summed E-state index contributed by atoms with van der Waals surface area (Å²) in [5.74, 6) is -0.118.